The molecule has 1 aliphatic rings. The summed E-state index contributed by atoms with van der Waals surface area (Å²) in [5.41, 5.74) is 2.44. The molecule has 23 heavy (non-hydrogen) atoms. The minimum atomic E-state index is 0.790. The summed E-state index contributed by atoms with van der Waals surface area (Å²) in [5, 5.41) is 7.53. The second kappa shape index (κ2) is 7.86. The number of hydrogen-bond donors (Lipinski definition) is 1. The Labute approximate surface area is 147 Å². The molecule has 2 heterocycles. The van der Waals surface area contributed by atoms with Crippen molar-refractivity contribution in [3.63, 3.8) is 0 Å². The van der Waals surface area contributed by atoms with E-state index in [1.807, 2.05) is 6.07 Å². The Morgan fingerprint density at radius 1 is 1.22 bits per heavy atom. The molecule has 0 saturated carbocycles. The van der Waals surface area contributed by atoms with Crippen LogP contribution in [0.3, 0.4) is 0 Å². The smallest absolute Gasteiger partial charge is 0.169 e. The van der Waals surface area contributed by atoms with E-state index in [-0.39, 0.29) is 0 Å². The number of nitrogens with one attached hydrogen (secondary N) is 1. The van der Waals surface area contributed by atoms with Crippen LogP contribution in [0.4, 0.5) is 0 Å². The first-order valence-electron chi connectivity index (χ1n) is 7.91. The monoisotopic (exact) mass is 346 g/mol. The largest absolute Gasteiger partial charge is 0.358 e. The molecule has 1 saturated heterocycles. The van der Waals surface area contributed by atoms with E-state index in [1.165, 1.54) is 11.3 Å². The topological polar surface area (TPSA) is 31.4 Å². The molecular formula is C17H22N4S2. The summed E-state index contributed by atoms with van der Waals surface area (Å²) in [6.45, 7) is 7.81. The normalized spacial score (nSPS) is 15.6. The predicted molar refractivity (Wildman–Crippen MR) is 99.6 cm³/mol. The van der Waals surface area contributed by atoms with Gasteiger partial charge in [0, 0.05) is 44.6 Å². The lowest BCUT2D eigenvalue weighted by molar-refractivity contribution is 0.173. The van der Waals surface area contributed by atoms with E-state index < -0.39 is 0 Å². The van der Waals surface area contributed by atoms with Gasteiger partial charge in [-0.1, -0.05) is 30.3 Å². The number of aromatic nitrogens is 1. The Morgan fingerprint density at radius 3 is 2.61 bits per heavy atom. The Hall–Kier alpha value is -1.50. The van der Waals surface area contributed by atoms with E-state index in [2.05, 4.69) is 56.7 Å². The maximum Gasteiger partial charge on any atom is 0.169 e. The Bertz CT molecular complexity index is 633. The lowest BCUT2D eigenvalue weighted by Crippen LogP contribution is -2.51. The van der Waals surface area contributed by atoms with Gasteiger partial charge in [0.15, 0.2) is 5.11 Å². The second-order valence-electron chi connectivity index (χ2n) is 5.77. The Morgan fingerprint density at radius 2 is 1.96 bits per heavy atom. The highest BCUT2D eigenvalue weighted by Crippen LogP contribution is 2.12. The van der Waals surface area contributed by atoms with Gasteiger partial charge in [0.1, 0.15) is 0 Å². The number of rotatable bonds is 4. The predicted octanol–water partition coefficient (Wildman–Crippen LogP) is 2.64. The summed E-state index contributed by atoms with van der Waals surface area (Å²) in [6.07, 6.45) is 0. The maximum absolute atomic E-state index is 5.53. The molecule has 0 bridgehead atoms. The van der Waals surface area contributed by atoms with Crippen LogP contribution in [0.25, 0.3) is 0 Å². The van der Waals surface area contributed by atoms with Crippen molar-refractivity contribution >= 4 is 28.7 Å². The van der Waals surface area contributed by atoms with Crippen molar-refractivity contribution < 1.29 is 0 Å². The molecular weight excluding hydrogens is 324 g/mol. The van der Waals surface area contributed by atoms with Crippen LogP contribution in [0.2, 0.25) is 0 Å². The number of aryl methyl sites for hydroxylation is 1. The van der Waals surface area contributed by atoms with Crippen LogP contribution in [-0.4, -0.2) is 46.1 Å². The Kier molecular flexibility index (Phi) is 5.59. The third-order valence-electron chi connectivity index (χ3n) is 4.00. The van der Waals surface area contributed by atoms with Crippen molar-refractivity contribution in [2.75, 3.05) is 26.2 Å². The van der Waals surface area contributed by atoms with Gasteiger partial charge in [-0.2, -0.15) is 0 Å². The zero-order valence-electron chi connectivity index (χ0n) is 13.4. The van der Waals surface area contributed by atoms with Gasteiger partial charge in [-0.3, -0.25) is 4.90 Å². The van der Waals surface area contributed by atoms with Gasteiger partial charge in [0.05, 0.1) is 10.7 Å². The SMILES string of the molecule is Cc1nc(CN2CCN(C(=S)NCc3ccccc3)CC2)cs1. The molecule has 1 aromatic carbocycles. The molecule has 2 aromatic rings. The van der Waals surface area contributed by atoms with Gasteiger partial charge in [-0.05, 0) is 24.7 Å². The minimum absolute atomic E-state index is 0.790. The molecule has 3 rings (SSSR count). The average molecular weight is 347 g/mol. The van der Waals surface area contributed by atoms with E-state index in [4.69, 9.17) is 12.2 Å². The van der Waals surface area contributed by atoms with Crippen molar-refractivity contribution in [3.8, 4) is 0 Å². The quantitative estimate of drug-likeness (QED) is 0.860. The zero-order valence-corrected chi connectivity index (χ0v) is 15.0. The summed E-state index contributed by atoms with van der Waals surface area (Å²) in [6, 6.07) is 10.4. The summed E-state index contributed by atoms with van der Waals surface area (Å²) in [5.74, 6) is 0. The lowest BCUT2D eigenvalue weighted by atomic mass is 10.2. The first kappa shape index (κ1) is 16.4. The molecule has 0 unspecified atom stereocenters. The second-order valence-corrected chi connectivity index (χ2v) is 7.21. The maximum atomic E-state index is 5.53. The molecule has 0 atom stereocenters. The molecule has 1 N–H and O–H groups in total. The van der Waals surface area contributed by atoms with Gasteiger partial charge in [-0.15, -0.1) is 11.3 Å². The number of hydrogen-bond acceptors (Lipinski definition) is 4. The van der Waals surface area contributed by atoms with Crippen molar-refractivity contribution in [1.29, 1.82) is 0 Å². The highest BCUT2D eigenvalue weighted by molar-refractivity contribution is 7.80. The molecule has 4 nitrogen and oxygen atoms in total. The number of thiazole rings is 1. The van der Waals surface area contributed by atoms with Gasteiger partial charge < -0.3 is 10.2 Å². The highest BCUT2D eigenvalue weighted by Gasteiger charge is 2.19. The van der Waals surface area contributed by atoms with Crippen LogP contribution in [0.1, 0.15) is 16.3 Å². The number of nitrogens with zero attached hydrogens (tertiary/aromatic N) is 3. The van der Waals surface area contributed by atoms with Crippen molar-refractivity contribution in [1.82, 2.24) is 20.1 Å². The molecule has 1 aliphatic heterocycles. The van der Waals surface area contributed by atoms with Crippen LogP contribution in [-0.2, 0) is 13.1 Å². The van der Waals surface area contributed by atoms with E-state index in [0.29, 0.717) is 0 Å². The minimum Gasteiger partial charge on any atom is -0.358 e. The van der Waals surface area contributed by atoms with Gasteiger partial charge in [0.25, 0.3) is 0 Å². The average Bonchev–Trinajstić information content (AvgIpc) is 2.99. The lowest BCUT2D eigenvalue weighted by Gasteiger charge is -2.35. The third-order valence-corrected chi connectivity index (χ3v) is 5.22. The highest BCUT2D eigenvalue weighted by atomic mass is 32.1. The van der Waals surface area contributed by atoms with Gasteiger partial charge in [0.2, 0.25) is 0 Å². The van der Waals surface area contributed by atoms with Crippen LogP contribution in [0, 0.1) is 6.92 Å². The summed E-state index contributed by atoms with van der Waals surface area (Å²) in [7, 11) is 0. The van der Waals surface area contributed by atoms with Crippen molar-refractivity contribution in [3.05, 3.63) is 52.0 Å². The van der Waals surface area contributed by atoms with Crippen molar-refractivity contribution in [2.24, 2.45) is 0 Å². The van der Waals surface area contributed by atoms with Gasteiger partial charge >= 0.3 is 0 Å². The van der Waals surface area contributed by atoms with E-state index in [9.17, 15) is 0 Å². The number of benzene rings is 1. The van der Waals surface area contributed by atoms with Crippen LogP contribution < -0.4 is 5.32 Å². The number of piperazine rings is 1. The first-order valence-corrected chi connectivity index (χ1v) is 9.19. The molecule has 0 radical (unpaired) electrons. The molecule has 0 spiro atoms. The number of thiocarbonyl (C=S) groups is 1. The first-order chi connectivity index (χ1) is 11.2. The molecule has 0 aliphatic carbocycles. The molecule has 122 valence electrons. The molecule has 6 heteroatoms. The Balaban J connectivity index is 1.42. The molecule has 1 aromatic heterocycles. The summed E-state index contributed by atoms with van der Waals surface area (Å²) < 4.78 is 0. The standard InChI is InChI=1S/C17H22N4S2/c1-14-19-16(13-23-14)12-20-7-9-21(10-8-20)17(22)18-11-15-5-3-2-4-6-15/h2-6,13H,7-12H2,1H3,(H,18,22). The fourth-order valence-electron chi connectivity index (χ4n) is 2.70. The fourth-order valence-corrected chi connectivity index (χ4v) is 3.56. The van der Waals surface area contributed by atoms with Crippen LogP contribution in [0.5, 0.6) is 0 Å². The van der Waals surface area contributed by atoms with E-state index in [0.717, 1.165) is 49.4 Å². The van der Waals surface area contributed by atoms with E-state index >= 15 is 0 Å². The van der Waals surface area contributed by atoms with E-state index in [1.54, 1.807) is 11.3 Å². The van der Waals surface area contributed by atoms with Gasteiger partial charge in [-0.25, -0.2) is 4.98 Å². The molecule has 1 fully saturated rings. The summed E-state index contributed by atoms with van der Waals surface area (Å²) >= 11 is 7.25. The molecule has 0 amide bonds. The van der Waals surface area contributed by atoms with Crippen LogP contribution in [0.15, 0.2) is 35.7 Å². The third kappa shape index (κ3) is 4.73. The zero-order chi connectivity index (χ0) is 16.1. The summed E-state index contributed by atoms with van der Waals surface area (Å²) in [4.78, 5) is 9.26. The van der Waals surface area contributed by atoms with Crippen LogP contribution >= 0.6 is 23.6 Å². The fraction of sp³-hybridized carbons (Fsp3) is 0.412. The van der Waals surface area contributed by atoms with Crippen molar-refractivity contribution in [2.45, 2.75) is 20.0 Å².